The van der Waals surface area contributed by atoms with Crippen LogP contribution in [0, 0.1) is 0 Å². The van der Waals surface area contributed by atoms with Crippen LogP contribution in [-0.2, 0) is 17.8 Å². The molecule has 0 aliphatic rings. The van der Waals surface area contributed by atoms with Crippen molar-refractivity contribution in [3.05, 3.63) is 52.0 Å². The highest BCUT2D eigenvalue weighted by molar-refractivity contribution is 7.09. The molecule has 1 heterocycles. The van der Waals surface area contributed by atoms with Gasteiger partial charge in [-0.25, -0.2) is 4.98 Å². The van der Waals surface area contributed by atoms with Gasteiger partial charge in [0.25, 0.3) is 0 Å². The highest BCUT2D eigenvalue weighted by Crippen LogP contribution is 2.14. The largest absolute Gasteiger partial charge is 0.349 e. The molecule has 0 saturated heterocycles. The molecule has 1 N–H and O–H groups in total. The van der Waals surface area contributed by atoms with E-state index >= 15 is 0 Å². The van der Waals surface area contributed by atoms with Crippen molar-refractivity contribution in [2.45, 2.75) is 13.0 Å². The van der Waals surface area contributed by atoms with Crippen molar-refractivity contribution >= 4 is 28.8 Å². The monoisotopic (exact) mass is 280 g/mol. The summed E-state index contributed by atoms with van der Waals surface area (Å²) in [5.41, 5.74) is 2.12. The lowest BCUT2D eigenvalue weighted by Crippen LogP contribution is -2.23. The summed E-state index contributed by atoms with van der Waals surface area (Å²) >= 11 is 7.01. The average molecular weight is 281 g/mol. The first-order valence-electron chi connectivity index (χ1n) is 5.58. The summed E-state index contributed by atoms with van der Waals surface area (Å²) in [4.78, 5) is 15.5. The number of rotatable bonds is 5. The van der Waals surface area contributed by atoms with Crippen molar-refractivity contribution in [1.29, 1.82) is 0 Å². The van der Waals surface area contributed by atoms with E-state index in [1.807, 2.05) is 23.6 Å². The highest BCUT2D eigenvalue weighted by Gasteiger charge is 2.04. The standard InChI is InChI=1S/C13H13ClN2OS/c14-7-12(17)15-8-11-9-18-13(16-11)6-10-4-2-1-3-5-10/h1-5,9H,6-8H2,(H,15,17). The fraction of sp³-hybridized carbons (Fsp3) is 0.231. The van der Waals surface area contributed by atoms with Gasteiger partial charge < -0.3 is 5.32 Å². The van der Waals surface area contributed by atoms with E-state index in [2.05, 4.69) is 22.4 Å². The van der Waals surface area contributed by atoms with Gasteiger partial charge in [0.2, 0.25) is 5.91 Å². The zero-order valence-electron chi connectivity index (χ0n) is 9.73. The Bertz CT molecular complexity index is 513. The lowest BCUT2D eigenvalue weighted by atomic mass is 10.2. The minimum Gasteiger partial charge on any atom is -0.349 e. The second-order valence-electron chi connectivity index (χ2n) is 3.81. The summed E-state index contributed by atoms with van der Waals surface area (Å²) in [5.74, 6) is -0.185. The third-order valence-electron chi connectivity index (χ3n) is 2.39. The zero-order valence-corrected chi connectivity index (χ0v) is 11.3. The number of amides is 1. The Morgan fingerprint density at radius 3 is 2.83 bits per heavy atom. The number of thiazole rings is 1. The number of hydrogen-bond donors (Lipinski definition) is 1. The van der Waals surface area contributed by atoms with E-state index in [4.69, 9.17) is 11.6 Å². The van der Waals surface area contributed by atoms with Gasteiger partial charge in [0.1, 0.15) is 5.88 Å². The van der Waals surface area contributed by atoms with Crippen LogP contribution >= 0.6 is 22.9 Å². The predicted molar refractivity (Wildman–Crippen MR) is 73.9 cm³/mol. The summed E-state index contributed by atoms with van der Waals surface area (Å²) in [7, 11) is 0. The van der Waals surface area contributed by atoms with Crippen LogP contribution in [0.5, 0.6) is 0 Å². The summed E-state index contributed by atoms with van der Waals surface area (Å²) in [5, 5.41) is 5.72. The van der Waals surface area contributed by atoms with E-state index in [-0.39, 0.29) is 11.8 Å². The van der Waals surface area contributed by atoms with Crippen LogP contribution in [-0.4, -0.2) is 16.8 Å². The topological polar surface area (TPSA) is 42.0 Å². The Balaban J connectivity index is 1.92. The third kappa shape index (κ3) is 3.82. The normalized spacial score (nSPS) is 10.3. The molecule has 0 radical (unpaired) electrons. The number of nitrogens with one attached hydrogen (secondary N) is 1. The summed E-state index contributed by atoms with van der Waals surface area (Å²) < 4.78 is 0. The predicted octanol–water partition coefficient (Wildman–Crippen LogP) is 2.59. The van der Waals surface area contributed by atoms with Crippen molar-refractivity contribution in [2.24, 2.45) is 0 Å². The number of carbonyl (C=O) groups excluding carboxylic acids is 1. The van der Waals surface area contributed by atoms with E-state index in [1.165, 1.54) is 5.56 Å². The molecule has 0 spiro atoms. The van der Waals surface area contributed by atoms with Crippen molar-refractivity contribution in [2.75, 3.05) is 5.88 Å². The number of alkyl halides is 1. The van der Waals surface area contributed by atoms with Crippen molar-refractivity contribution in [3.8, 4) is 0 Å². The number of hydrogen-bond acceptors (Lipinski definition) is 3. The zero-order chi connectivity index (χ0) is 12.8. The van der Waals surface area contributed by atoms with Crippen LogP contribution in [0.1, 0.15) is 16.3 Å². The lowest BCUT2D eigenvalue weighted by molar-refractivity contribution is -0.118. The molecular weight excluding hydrogens is 268 g/mol. The maximum atomic E-state index is 11.0. The third-order valence-corrected chi connectivity index (χ3v) is 3.53. The van der Waals surface area contributed by atoms with Gasteiger partial charge >= 0.3 is 0 Å². The molecule has 1 amide bonds. The molecule has 18 heavy (non-hydrogen) atoms. The smallest absolute Gasteiger partial charge is 0.235 e. The maximum absolute atomic E-state index is 11.0. The molecule has 0 bridgehead atoms. The van der Waals surface area contributed by atoms with Crippen LogP contribution in [0.15, 0.2) is 35.7 Å². The SMILES string of the molecule is O=C(CCl)NCc1csc(Cc2ccccc2)n1. The minimum atomic E-state index is -0.172. The Morgan fingerprint density at radius 2 is 2.11 bits per heavy atom. The Kier molecular flexibility index (Phi) is 4.73. The number of aromatic nitrogens is 1. The number of nitrogens with zero attached hydrogens (tertiary/aromatic N) is 1. The molecule has 0 aliphatic heterocycles. The fourth-order valence-electron chi connectivity index (χ4n) is 1.52. The number of benzene rings is 1. The quantitative estimate of drug-likeness (QED) is 0.856. The van der Waals surface area contributed by atoms with Gasteiger partial charge in [0, 0.05) is 11.8 Å². The Hall–Kier alpha value is -1.39. The molecule has 94 valence electrons. The molecule has 0 fully saturated rings. The van der Waals surface area contributed by atoms with Gasteiger partial charge in [-0.3, -0.25) is 4.79 Å². The van der Waals surface area contributed by atoms with Crippen LogP contribution in [0.25, 0.3) is 0 Å². The van der Waals surface area contributed by atoms with Crippen LogP contribution in [0.2, 0.25) is 0 Å². The van der Waals surface area contributed by atoms with Gasteiger partial charge in [-0.2, -0.15) is 0 Å². The summed E-state index contributed by atoms with van der Waals surface area (Å²) in [6.45, 7) is 0.441. The van der Waals surface area contributed by atoms with Crippen LogP contribution < -0.4 is 5.32 Å². The molecule has 0 aliphatic carbocycles. The van der Waals surface area contributed by atoms with E-state index in [9.17, 15) is 4.79 Å². The van der Waals surface area contributed by atoms with Gasteiger partial charge in [-0.15, -0.1) is 22.9 Å². The summed E-state index contributed by atoms with van der Waals surface area (Å²) in [6.07, 6.45) is 0.828. The van der Waals surface area contributed by atoms with Crippen molar-refractivity contribution in [1.82, 2.24) is 10.3 Å². The first-order chi connectivity index (χ1) is 8.78. The van der Waals surface area contributed by atoms with Gasteiger partial charge in [0.05, 0.1) is 17.2 Å². The van der Waals surface area contributed by atoms with E-state index in [0.29, 0.717) is 6.54 Å². The van der Waals surface area contributed by atoms with Gasteiger partial charge in [-0.1, -0.05) is 30.3 Å². The number of carbonyl (C=O) groups is 1. The Morgan fingerprint density at radius 1 is 1.33 bits per heavy atom. The van der Waals surface area contributed by atoms with E-state index in [0.717, 1.165) is 17.1 Å². The highest BCUT2D eigenvalue weighted by atomic mass is 35.5. The molecule has 2 rings (SSSR count). The molecule has 5 heteroatoms. The maximum Gasteiger partial charge on any atom is 0.235 e. The molecule has 3 nitrogen and oxygen atoms in total. The van der Waals surface area contributed by atoms with Crippen LogP contribution in [0.4, 0.5) is 0 Å². The minimum absolute atomic E-state index is 0.0129. The van der Waals surface area contributed by atoms with Gasteiger partial charge in [-0.05, 0) is 5.56 Å². The molecule has 1 aromatic heterocycles. The summed E-state index contributed by atoms with van der Waals surface area (Å²) in [6, 6.07) is 10.2. The molecule has 0 atom stereocenters. The average Bonchev–Trinajstić information content (AvgIpc) is 2.85. The Labute approximate surface area is 115 Å². The molecule has 0 saturated carbocycles. The molecular formula is C13H13ClN2OS. The number of halogens is 1. The first-order valence-corrected chi connectivity index (χ1v) is 6.99. The first kappa shape index (κ1) is 13.1. The van der Waals surface area contributed by atoms with Crippen LogP contribution in [0.3, 0.4) is 0 Å². The second kappa shape index (κ2) is 6.52. The van der Waals surface area contributed by atoms with Crippen molar-refractivity contribution in [3.63, 3.8) is 0 Å². The fourth-order valence-corrected chi connectivity index (χ4v) is 2.44. The molecule has 2 aromatic rings. The van der Waals surface area contributed by atoms with Crippen molar-refractivity contribution < 1.29 is 4.79 Å². The van der Waals surface area contributed by atoms with Gasteiger partial charge in [0.15, 0.2) is 0 Å². The lowest BCUT2D eigenvalue weighted by Gasteiger charge is -1.99. The van der Waals surface area contributed by atoms with E-state index in [1.54, 1.807) is 11.3 Å². The van der Waals surface area contributed by atoms with E-state index < -0.39 is 0 Å². The molecule has 1 aromatic carbocycles. The molecule has 0 unspecified atom stereocenters. The second-order valence-corrected chi connectivity index (χ2v) is 5.02.